The first-order valence-electron chi connectivity index (χ1n) is 12.1. The number of nitrogens with one attached hydrogen (secondary N) is 2. The van der Waals surface area contributed by atoms with Crippen LogP contribution < -0.4 is 16.6 Å². The molecule has 1 saturated heterocycles. The number of hydrogen-bond donors (Lipinski definition) is 2. The molecule has 1 aliphatic heterocycles. The molecule has 3 aromatic rings. The van der Waals surface area contributed by atoms with Crippen molar-refractivity contribution in [3.63, 3.8) is 0 Å². The van der Waals surface area contributed by atoms with Crippen molar-refractivity contribution in [1.29, 1.82) is 0 Å². The number of benzene rings is 2. The van der Waals surface area contributed by atoms with Crippen molar-refractivity contribution in [3.05, 3.63) is 72.9 Å². The molecule has 0 radical (unpaired) electrons. The van der Waals surface area contributed by atoms with Gasteiger partial charge in [-0.3, -0.25) is 19.1 Å². The van der Waals surface area contributed by atoms with Crippen molar-refractivity contribution in [2.75, 3.05) is 18.8 Å². The molecule has 1 fully saturated rings. The van der Waals surface area contributed by atoms with Gasteiger partial charge in [0.1, 0.15) is 0 Å². The molecule has 1 amide bonds. The van der Waals surface area contributed by atoms with E-state index in [0.717, 1.165) is 6.07 Å². The maximum absolute atomic E-state index is 14.1. The molecule has 2 N–H and O–H groups in total. The summed E-state index contributed by atoms with van der Waals surface area (Å²) in [7, 11) is -3.75. The number of aromatic amines is 1. The van der Waals surface area contributed by atoms with Gasteiger partial charge in [0.2, 0.25) is 5.91 Å². The minimum atomic E-state index is -4.79. The molecule has 2 heterocycles. The SMILES string of the molecule is CCS(=O)(=O)c1ccc(Cl)cc1Cn1c(=O)[nH]c2cc(CN3CC[C@@H](NC(C)=O)C3)c(C(F)(F)F)cc2c1=O. The van der Waals surface area contributed by atoms with Gasteiger partial charge < -0.3 is 10.3 Å². The lowest BCUT2D eigenvalue weighted by Gasteiger charge is -2.20. The minimum Gasteiger partial charge on any atom is -0.352 e. The summed E-state index contributed by atoms with van der Waals surface area (Å²) in [6, 6.07) is 5.59. The van der Waals surface area contributed by atoms with E-state index in [4.69, 9.17) is 11.6 Å². The van der Waals surface area contributed by atoms with Crippen molar-refractivity contribution in [2.45, 2.75) is 50.5 Å². The van der Waals surface area contributed by atoms with Crippen LogP contribution in [0.25, 0.3) is 10.9 Å². The second-order valence-electron chi connectivity index (χ2n) is 9.45. The van der Waals surface area contributed by atoms with Gasteiger partial charge in [-0.1, -0.05) is 18.5 Å². The highest BCUT2D eigenvalue weighted by molar-refractivity contribution is 7.91. The van der Waals surface area contributed by atoms with E-state index in [1.807, 2.05) is 0 Å². The third kappa shape index (κ3) is 6.20. The number of alkyl halides is 3. The predicted molar refractivity (Wildman–Crippen MR) is 140 cm³/mol. The molecule has 210 valence electrons. The van der Waals surface area contributed by atoms with Gasteiger partial charge in [-0.2, -0.15) is 13.2 Å². The molecule has 2 aromatic carbocycles. The van der Waals surface area contributed by atoms with Crippen molar-refractivity contribution < 1.29 is 26.4 Å². The molecule has 39 heavy (non-hydrogen) atoms. The Morgan fingerprint density at radius 1 is 1.15 bits per heavy atom. The Hall–Kier alpha value is -3.16. The molecule has 1 aromatic heterocycles. The smallest absolute Gasteiger partial charge is 0.352 e. The summed E-state index contributed by atoms with van der Waals surface area (Å²) in [6.45, 7) is 3.00. The van der Waals surface area contributed by atoms with Gasteiger partial charge in [-0.15, -0.1) is 0 Å². The molecule has 14 heteroatoms. The summed E-state index contributed by atoms with van der Waals surface area (Å²) in [5, 5.41) is 2.55. The zero-order valence-corrected chi connectivity index (χ0v) is 22.6. The Labute approximate surface area is 226 Å². The van der Waals surface area contributed by atoms with Gasteiger partial charge in [-0.25, -0.2) is 13.2 Å². The average Bonchev–Trinajstić information content (AvgIpc) is 3.26. The summed E-state index contributed by atoms with van der Waals surface area (Å²) in [4.78, 5) is 41.6. The molecule has 0 spiro atoms. The first kappa shape index (κ1) is 28.8. The van der Waals surface area contributed by atoms with Crippen molar-refractivity contribution in [2.24, 2.45) is 0 Å². The van der Waals surface area contributed by atoms with E-state index < -0.39 is 39.4 Å². The number of nitrogens with zero attached hydrogens (tertiary/aromatic N) is 2. The normalized spacial score (nSPS) is 16.6. The van der Waals surface area contributed by atoms with Gasteiger partial charge in [0, 0.05) is 37.6 Å². The number of carbonyl (C=O) groups is 1. The van der Waals surface area contributed by atoms with Crippen LogP contribution in [0.15, 0.2) is 44.8 Å². The van der Waals surface area contributed by atoms with E-state index in [0.29, 0.717) is 30.1 Å². The monoisotopic (exact) mass is 586 g/mol. The number of sulfone groups is 1. The van der Waals surface area contributed by atoms with E-state index in [-0.39, 0.29) is 56.2 Å². The van der Waals surface area contributed by atoms with Gasteiger partial charge >= 0.3 is 11.9 Å². The van der Waals surface area contributed by atoms with Crippen LogP contribution in [0.4, 0.5) is 13.2 Å². The van der Waals surface area contributed by atoms with Gasteiger partial charge in [0.15, 0.2) is 9.84 Å². The number of likely N-dealkylation sites (tertiary alicyclic amines) is 1. The third-order valence-corrected chi connectivity index (χ3v) is 8.71. The van der Waals surface area contributed by atoms with Crippen LogP contribution in [0, 0.1) is 0 Å². The van der Waals surface area contributed by atoms with Gasteiger partial charge in [0.05, 0.1) is 33.7 Å². The van der Waals surface area contributed by atoms with Crippen molar-refractivity contribution >= 4 is 38.2 Å². The maximum atomic E-state index is 14.1. The van der Waals surface area contributed by atoms with E-state index in [2.05, 4.69) is 10.3 Å². The van der Waals surface area contributed by atoms with E-state index in [1.54, 1.807) is 4.90 Å². The fourth-order valence-electron chi connectivity index (χ4n) is 4.81. The number of hydrogen-bond acceptors (Lipinski definition) is 6. The predicted octanol–water partition coefficient (Wildman–Crippen LogP) is 2.91. The molecular weight excluding hydrogens is 561 g/mol. The highest BCUT2D eigenvalue weighted by Gasteiger charge is 2.35. The van der Waals surface area contributed by atoms with Crippen LogP contribution in [0.3, 0.4) is 0 Å². The highest BCUT2D eigenvalue weighted by Crippen LogP contribution is 2.34. The topological polar surface area (TPSA) is 121 Å². The molecule has 1 aliphatic rings. The van der Waals surface area contributed by atoms with Crippen LogP contribution in [0.5, 0.6) is 0 Å². The second-order valence-corrected chi connectivity index (χ2v) is 12.1. The number of fused-ring (bicyclic) bond motifs is 1. The first-order chi connectivity index (χ1) is 18.2. The van der Waals surface area contributed by atoms with E-state index in [9.17, 15) is 36.0 Å². The van der Waals surface area contributed by atoms with Gasteiger partial charge in [0.25, 0.3) is 5.56 Å². The van der Waals surface area contributed by atoms with E-state index in [1.165, 1.54) is 32.0 Å². The van der Waals surface area contributed by atoms with E-state index >= 15 is 0 Å². The lowest BCUT2D eigenvalue weighted by molar-refractivity contribution is -0.138. The minimum absolute atomic E-state index is 0.0618. The van der Waals surface area contributed by atoms with Crippen LogP contribution in [-0.2, 0) is 33.9 Å². The van der Waals surface area contributed by atoms with Crippen LogP contribution in [0.1, 0.15) is 37.0 Å². The van der Waals surface area contributed by atoms with Gasteiger partial charge in [-0.05, 0) is 47.9 Å². The standard InChI is InChI=1S/C25H26ClF3N4O5S/c1-3-39(37,38)22-5-4-17(26)8-16(22)12-33-23(35)19-10-20(25(27,28)29)15(9-21(19)31-24(33)36)11-32-7-6-18(13-32)30-14(2)34/h4-5,8-10,18H,3,6-7,11-13H2,1-2H3,(H,30,34)(H,31,36)/t18-/m1/s1. The molecule has 0 aliphatic carbocycles. The number of H-pyrrole nitrogens is 1. The zero-order chi connectivity index (χ0) is 28.7. The molecular formula is C25H26ClF3N4O5S. The Morgan fingerprint density at radius 2 is 1.87 bits per heavy atom. The lowest BCUT2D eigenvalue weighted by atomic mass is 10.0. The molecule has 0 bridgehead atoms. The quantitative estimate of drug-likeness (QED) is 0.439. The Bertz CT molecular complexity index is 1670. The molecule has 4 rings (SSSR count). The molecule has 0 unspecified atom stereocenters. The van der Waals surface area contributed by atoms with Crippen LogP contribution >= 0.6 is 11.6 Å². The van der Waals surface area contributed by atoms with Crippen LogP contribution in [-0.4, -0.2) is 53.7 Å². The summed E-state index contributed by atoms with van der Waals surface area (Å²) in [5.74, 6) is -0.472. The number of amides is 1. The molecule has 0 saturated carbocycles. The molecule has 1 atom stereocenters. The largest absolute Gasteiger partial charge is 0.416 e. The lowest BCUT2D eigenvalue weighted by Crippen LogP contribution is -2.36. The zero-order valence-electron chi connectivity index (χ0n) is 21.1. The Morgan fingerprint density at radius 3 is 2.51 bits per heavy atom. The number of halogens is 4. The fourth-order valence-corrected chi connectivity index (χ4v) is 6.11. The Kier molecular flexibility index (Phi) is 7.97. The third-order valence-electron chi connectivity index (χ3n) is 6.65. The summed E-state index contributed by atoms with van der Waals surface area (Å²) in [5.41, 5.74) is -3.08. The van der Waals surface area contributed by atoms with Crippen LogP contribution in [0.2, 0.25) is 5.02 Å². The number of rotatable bonds is 7. The first-order valence-corrected chi connectivity index (χ1v) is 14.1. The fraction of sp³-hybridized carbons (Fsp3) is 0.400. The van der Waals surface area contributed by atoms with Crippen molar-refractivity contribution in [3.8, 4) is 0 Å². The summed E-state index contributed by atoms with van der Waals surface area (Å²) in [6.07, 6.45) is -4.21. The highest BCUT2D eigenvalue weighted by atomic mass is 35.5. The Balaban J connectivity index is 1.78. The molecule has 9 nitrogen and oxygen atoms in total. The second kappa shape index (κ2) is 10.8. The number of aromatic nitrogens is 2. The average molecular weight is 587 g/mol. The number of carbonyl (C=O) groups excluding carboxylic acids is 1. The van der Waals surface area contributed by atoms with Crippen molar-refractivity contribution in [1.82, 2.24) is 19.8 Å². The maximum Gasteiger partial charge on any atom is 0.416 e. The summed E-state index contributed by atoms with van der Waals surface area (Å²) < 4.78 is 68.0. The summed E-state index contributed by atoms with van der Waals surface area (Å²) >= 11 is 6.03.